The predicted octanol–water partition coefficient (Wildman–Crippen LogP) is 3.04. The van der Waals surface area contributed by atoms with E-state index >= 15 is 0 Å². The van der Waals surface area contributed by atoms with Crippen molar-refractivity contribution in [3.8, 4) is 0 Å². The maximum atomic E-state index is 13.2. The van der Waals surface area contributed by atoms with Crippen LogP contribution in [0.15, 0.2) is 12.7 Å². The fourth-order valence-corrected chi connectivity index (χ4v) is 5.90. The summed E-state index contributed by atoms with van der Waals surface area (Å²) in [6, 6.07) is -0.464. The molecule has 2 unspecified atom stereocenters. The van der Waals surface area contributed by atoms with Crippen molar-refractivity contribution in [3.63, 3.8) is 0 Å². The standard InChI is InChI=1S/C21H28N4O3S/c1-3-12-24(20-22-15-9-4-5-10-16(15)29-20)17(26)13-25-18(27)21(23-19(25)28)11-7-6-8-14(21)2/h3,14H,1,4-13H2,2H3,(H,23,28). The molecule has 1 aliphatic heterocycles. The number of anilines is 1. The van der Waals surface area contributed by atoms with Crippen LogP contribution in [-0.4, -0.2) is 46.4 Å². The second kappa shape index (κ2) is 7.89. The summed E-state index contributed by atoms with van der Waals surface area (Å²) in [6.07, 6.45) is 9.36. The summed E-state index contributed by atoms with van der Waals surface area (Å²) in [6.45, 7) is 5.80. The largest absolute Gasteiger partial charge is 0.325 e. The molecule has 0 bridgehead atoms. The van der Waals surface area contributed by atoms with Crippen LogP contribution < -0.4 is 10.2 Å². The van der Waals surface area contributed by atoms with E-state index in [1.54, 1.807) is 11.0 Å². The first-order valence-electron chi connectivity index (χ1n) is 10.5. The van der Waals surface area contributed by atoms with Crippen molar-refractivity contribution in [1.29, 1.82) is 0 Å². The van der Waals surface area contributed by atoms with Gasteiger partial charge in [0.2, 0.25) is 5.91 Å². The number of hydrogen-bond acceptors (Lipinski definition) is 5. The third-order valence-electron chi connectivity index (χ3n) is 6.47. The van der Waals surface area contributed by atoms with E-state index in [0.29, 0.717) is 18.1 Å². The van der Waals surface area contributed by atoms with Crippen LogP contribution in [0.5, 0.6) is 0 Å². The number of rotatable bonds is 5. The Labute approximate surface area is 175 Å². The highest BCUT2D eigenvalue weighted by atomic mass is 32.1. The molecule has 2 aliphatic carbocycles. The van der Waals surface area contributed by atoms with Gasteiger partial charge in [-0.1, -0.05) is 25.8 Å². The first kappa shape index (κ1) is 20.1. The quantitative estimate of drug-likeness (QED) is 0.591. The smallest absolute Gasteiger partial charge is 0.323 e. The lowest BCUT2D eigenvalue weighted by molar-refractivity contribution is -0.136. The predicted molar refractivity (Wildman–Crippen MR) is 112 cm³/mol. The van der Waals surface area contributed by atoms with Crippen LogP contribution in [0.25, 0.3) is 0 Å². The molecule has 29 heavy (non-hydrogen) atoms. The number of imide groups is 1. The van der Waals surface area contributed by atoms with Gasteiger partial charge < -0.3 is 5.32 Å². The van der Waals surface area contributed by atoms with Gasteiger partial charge in [-0.15, -0.1) is 17.9 Å². The third kappa shape index (κ3) is 3.47. The Morgan fingerprint density at radius 3 is 2.86 bits per heavy atom. The number of carbonyl (C=O) groups excluding carboxylic acids is 3. The number of aryl methyl sites for hydroxylation is 2. The Balaban J connectivity index is 1.53. The Morgan fingerprint density at radius 1 is 1.34 bits per heavy atom. The van der Waals surface area contributed by atoms with Crippen LogP contribution in [0.2, 0.25) is 0 Å². The third-order valence-corrected chi connectivity index (χ3v) is 7.65. The zero-order valence-corrected chi connectivity index (χ0v) is 17.7. The number of nitrogens with zero attached hydrogens (tertiary/aromatic N) is 3. The molecule has 2 heterocycles. The van der Waals surface area contributed by atoms with E-state index < -0.39 is 11.6 Å². The molecule has 0 radical (unpaired) electrons. The van der Waals surface area contributed by atoms with Gasteiger partial charge in [0.15, 0.2) is 5.13 Å². The van der Waals surface area contributed by atoms with Gasteiger partial charge in [0.1, 0.15) is 12.1 Å². The van der Waals surface area contributed by atoms with Gasteiger partial charge in [0.05, 0.1) is 5.69 Å². The lowest BCUT2D eigenvalue weighted by atomic mass is 9.73. The second-order valence-corrected chi connectivity index (χ2v) is 9.37. The van der Waals surface area contributed by atoms with Crippen molar-refractivity contribution in [2.24, 2.45) is 5.92 Å². The summed E-state index contributed by atoms with van der Waals surface area (Å²) in [5.74, 6) is -0.497. The molecule has 1 aromatic rings. The molecule has 2 fully saturated rings. The Morgan fingerprint density at radius 2 is 2.14 bits per heavy atom. The number of thiazole rings is 1. The van der Waals surface area contributed by atoms with E-state index in [9.17, 15) is 14.4 Å². The van der Waals surface area contributed by atoms with Gasteiger partial charge in [-0.25, -0.2) is 9.78 Å². The molecule has 4 rings (SSSR count). The topological polar surface area (TPSA) is 82.6 Å². The molecule has 3 aliphatic rings. The molecule has 1 N–H and O–H groups in total. The van der Waals surface area contributed by atoms with Crippen molar-refractivity contribution in [3.05, 3.63) is 23.2 Å². The maximum Gasteiger partial charge on any atom is 0.325 e. The molecular weight excluding hydrogens is 388 g/mol. The molecule has 0 aromatic carbocycles. The van der Waals surface area contributed by atoms with E-state index in [0.717, 1.165) is 55.5 Å². The Bertz CT molecular complexity index is 827. The molecular formula is C21H28N4O3S. The minimum absolute atomic E-state index is 0.0720. The number of aromatic nitrogens is 1. The molecule has 4 amide bonds. The van der Waals surface area contributed by atoms with Crippen molar-refractivity contribution >= 4 is 34.3 Å². The summed E-state index contributed by atoms with van der Waals surface area (Å²) in [5, 5.41) is 3.54. The SMILES string of the molecule is C=CCN(C(=O)CN1C(=O)NC2(CCCCC2C)C1=O)c1nc2c(s1)CCCC2. The summed E-state index contributed by atoms with van der Waals surface area (Å²) in [7, 11) is 0. The molecule has 1 aromatic heterocycles. The van der Waals surface area contributed by atoms with Gasteiger partial charge in [-0.3, -0.25) is 19.4 Å². The maximum absolute atomic E-state index is 13.2. The van der Waals surface area contributed by atoms with Gasteiger partial charge in [0.25, 0.3) is 5.91 Å². The molecule has 1 saturated heterocycles. The lowest BCUT2D eigenvalue weighted by Crippen LogP contribution is -2.54. The summed E-state index contributed by atoms with van der Waals surface area (Å²) in [4.78, 5) is 47.4. The number of fused-ring (bicyclic) bond motifs is 1. The van der Waals surface area contributed by atoms with Crippen molar-refractivity contribution in [1.82, 2.24) is 15.2 Å². The van der Waals surface area contributed by atoms with Crippen LogP contribution in [0.3, 0.4) is 0 Å². The van der Waals surface area contributed by atoms with E-state index in [1.807, 2.05) is 6.92 Å². The number of urea groups is 1. The van der Waals surface area contributed by atoms with Crippen molar-refractivity contribution in [2.45, 2.75) is 63.8 Å². The number of amides is 4. The molecule has 1 saturated carbocycles. The van der Waals surface area contributed by atoms with Crippen LogP contribution in [0, 0.1) is 5.92 Å². The first-order chi connectivity index (χ1) is 14.0. The second-order valence-electron chi connectivity index (χ2n) is 8.31. The van der Waals surface area contributed by atoms with Gasteiger partial charge in [-0.2, -0.15) is 0 Å². The summed E-state index contributed by atoms with van der Waals surface area (Å²) < 4.78 is 0. The zero-order valence-electron chi connectivity index (χ0n) is 16.9. The lowest BCUT2D eigenvalue weighted by Gasteiger charge is -2.36. The molecule has 2 atom stereocenters. The van der Waals surface area contributed by atoms with Gasteiger partial charge >= 0.3 is 6.03 Å². The van der Waals surface area contributed by atoms with Crippen LogP contribution in [0.4, 0.5) is 9.93 Å². The van der Waals surface area contributed by atoms with Crippen LogP contribution in [0.1, 0.15) is 56.0 Å². The van der Waals surface area contributed by atoms with Crippen LogP contribution >= 0.6 is 11.3 Å². The van der Waals surface area contributed by atoms with Gasteiger partial charge in [0, 0.05) is 11.4 Å². The fraction of sp³-hybridized carbons (Fsp3) is 0.619. The molecule has 156 valence electrons. The molecule has 8 heteroatoms. The Kier molecular flexibility index (Phi) is 5.46. The molecule has 1 spiro atoms. The van der Waals surface area contributed by atoms with E-state index in [-0.39, 0.29) is 24.3 Å². The highest BCUT2D eigenvalue weighted by molar-refractivity contribution is 7.16. The fourth-order valence-electron chi connectivity index (χ4n) is 4.73. The molecule has 7 nitrogen and oxygen atoms in total. The normalized spacial score (nSPS) is 26.4. The van der Waals surface area contributed by atoms with E-state index in [2.05, 4.69) is 16.9 Å². The van der Waals surface area contributed by atoms with Crippen molar-refractivity contribution in [2.75, 3.05) is 18.0 Å². The summed E-state index contributed by atoms with van der Waals surface area (Å²) >= 11 is 1.54. The minimum atomic E-state index is -0.848. The zero-order chi connectivity index (χ0) is 20.6. The summed E-state index contributed by atoms with van der Waals surface area (Å²) in [5.41, 5.74) is 0.224. The first-order valence-corrected chi connectivity index (χ1v) is 11.3. The van der Waals surface area contributed by atoms with Gasteiger partial charge in [-0.05, 0) is 44.4 Å². The van der Waals surface area contributed by atoms with Crippen molar-refractivity contribution < 1.29 is 14.4 Å². The number of hydrogen-bond donors (Lipinski definition) is 1. The average molecular weight is 417 g/mol. The highest BCUT2D eigenvalue weighted by Crippen LogP contribution is 2.38. The highest BCUT2D eigenvalue weighted by Gasteiger charge is 2.55. The average Bonchev–Trinajstić information content (AvgIpc) is 3.23. The Hall–Kier alpha value is -2.22. The monoisotopic (exact) mass is 416 g/mol. The van der Waals surface area contributed by atoms with Crippen LogP contribution in [-0.2, 0) is 22.4 Å². The minimum Gasteiger partial charge on any atom is -0.323 e. The number of carbonyl (C=O) groups is 3. The van der Waals surface area contributed by atoms with E-state index in [4.69, 9.17) is 0 Å². The van der Waals surface area contributed by atoms with E-state index in [1.165, 1.54) is 16.2 Å². The number of nitrogens with one attached hydrogen (secondary N) is 1.